The molecule has 1 atom stereocenters. The maximum absolute atomic E-state index is 12.9. The van der Waals surface area contributed by atoms with Gasteiger partial charge in [0.1, 0.15) is 24.1 Å². The zero-order chi connectivity index (χ0) is 22.7. The van der Waals surface area contributed by atoms with Crippen LogP contribution in [0.15, 0.2) is 42.5 Å². The number of benzene rings is 2. The van der Waals surface area contributed by atoms with Crippen molar-refractivity contribution in [1.29, 1.82) is 0 Å². The summed E-state index contributed by atoms with van der Waals surface area (Å²) in [5, 5.41) is 2.91. The fraction of sp³-hybridized carbons (Fsp3) is 0.375. The molecule has 0 aromatic heterocycles. The molecule has 0 aliphatic carbocycles. The summed E-state index contributed by atoms with van der Waals surface area (Å²) in [5.41, 5.74) is 2.11. The summed E-state index contributed by atoms with van der Waals surface area (Å²) >= 11 is 0. The second-order valence-corrected chi connectivity index (χ2v) is 8.00. The average molecular weight is 437 g/mol. The molecule has 1 N–H and O–H groups in total. The third-order valence-corrected chi connectivity index (χ3v) is 6.01. The van der Waals surface area contributed by atoms with Crippen molar-refractivity contribution in [1.82, 2.24) is 15.1 Å². The van der Waals surface area contributed by atoms with Crippen LogP contribution in [0.5, 0.6) is 11.5 Å². The minimum absolute atomic E-state index is 0.0283. The number of methoxy groups -OCH3 is 2. The second kappa shape index (κ2) is 9.30. The lowest BCUT2D eigenvalue weighted by molar-refractivity contribution is -0.154. The van der Waals surface area contributed by atoms with Crippen LogP contribution in [0.3, 0.4) is 0 Å². The molecule has 2 aromatic rings. The zero-order valence-corrected chi connectivity index (χ0v) is 18.3. The molecule has 0 unspecified atom stereocenters. The summed E-state index contributed by atoms with van der Waals surface area (Å²) in [4.78, 5) is 41.3. The third-order valence-electron chi connectivity index (χ3n) is 6.01. The van der Waals surface area contributed by atoms with Crippen LogP contribution in [0.25, 0.3) is 0 Å². The lowest BCUT2D eigenvalue weighted by Crippen LogP contribution is -2.56. The number of carbonyl (C=O) groups is 3. The molecular weight excluding hydrogens is 410 g/mol. The molecular formula is C24H27N3O5. The van der Waals surface area contributed by atoms with E-state index >= 15 is 0 Å². The average Bonchev–Trinajstić information content (AvgIpc) is 3.32. The molecule has 0 bridgehead atoms. The first-order chi connectivity index (χ1) is 15.5. The maximum atomic E-state index is 12.9. The van der Waals surface area contributed by atoms with Gasteiger partial charge in [-0.3, -0.25) is 14.4 Å². The minimum Gasteiger partial charge on any atom is -0.497 e. The fourth-order valence-electron chi connectivity index (χ4n) is 4.28. The van der Waals surface area contributed by atoms with Gasteiger partial charge in [0.2, 0.25) is 11.8 Å². The molecule has 32 heavy (non-hydrogen) atoms. The smallest absolute Gasteiger partial charge is 0.251 e. The van der Waals surface area contributed by atoms with Crippen molar-refractivity contribution in [2.75, 3.05) is 27.3 Å². The van der Waals surface area contributed by atoms with Gasteiger partial charge in [0.25, 0.3) is 5.91 Å². The quantitative estimate of drug-likeness (QED) is 0.716. The lowest BCUT2D eigenvalue weighted by Gasteiger charge is -2.36. The van der Waals surface area contributed by atoms with E-state index in [4.69, 9.17) is 9.47 Å². The topological polar surface area (TPSA) is 88.2 Å². The van der Waals surface area contributed by atoms with Crippen LogP contribution in [0, 0.1) is 0 Å². The highest BCUT2D eigenvalue weighted by Crippen LogP contribution is 2.27. The van der Waals surface area contributed by atoms with E-state index in [1.165, 1.54) is 0 Å². The summed E-state index contributed by atoms with van der Waals surface area (Å²) < 4.78 is 10.6. The minimum atomic E-state index is -0.363. The number of hydrogen-bond donors (Lipinski definition) is 1. The molecule has 8 nitrogen and oxygen atoms in total. The first-order valence-corrected chi connectivity index (χ1v) is 10.7. The van der Waals surface area contributed by atoms with Crippen molar-refractivity contribution >= 4 is 17.7 Å². The van der Waals surface area contributed by atoms with Gasteiger partial charge in [0.15, 0.2) is 0 Å². The van der Waals surface area contributed by atoms with Crippen LogP contribution < -0.4 is 14.8 Å². The van der Waals surface area contributed by atoms with E-state index in [1.807, 2.05) is 24.3 Å². The highest BCUT2D eigenvalue weighted by Gasteiger charge is 2.41. The first-order valence-electron chi connectivity index (χ1n) is 10.7. The molecule has 2 aromatic carbocycles. The highest BCUT2D eigenvalue weighted by molar-refractivity contribution is 5.96. The number of nitrogens with zero attached hydrogens (tertiary/aromatic N) is 2. The van der Waals surface area contributed by atoms with Gasteiger partial charge in [-0.25, -0.2) is 0 Å². The van der Waals surface area contributed by atoms with Crippen molar-refractivity contribution in [2.24, 2.45) is 0 Å². The Hall–Kier alpha value is -3.55. The van der Waals surface area contributed by atoms with Gasteiger partial charge in [0.05, 0.1) is 14.2 Å². The highest BCUT2D eigenvalue weighted by atomic mass is 16.5. The van der Waals surface area contributed by atoms with Crippen molar-refractivity contribution < 1.29 is 23.9 Å². The van der Waals surface area contributed by atoms with Gasteiger partial charge in [-0.05, 0) is 48.7 Å². The van der Waals surface area contributed by atoms with Crippen molar-refractivity contribution in [3.8, 4) is 11.5 Å². The van der Waals surface area contributed by atoms with Crippen LogP contribution in [0.2, 0.25) is 0 Å². The number of fused-ring (bicyclic) bond motifs is 1. The fourth-order valence-corrected chi connectivity index (χ4v) is 4.28. The Morgan fingerprint density at radius 2 is 1.88 bits per heavy atom. The van der Waals surface area contributed by atoms with Crippen LogP contribution in [0.1, 0.15) is 34.3 Å². The van der Waals surface area contributed by atoms with Crippen LogP contribution >= 0.6 is 0 Å². The number of ether oxygens (including phenoxy) is 2. The molecule has 0 spiro atoms. The van der Waals surface area contributed by atoms with Crippen molar-refractivity contribution in [2.45, 2.75) is 32.0 Å². The van der Waals surface area contributed by atoms with Gasteiger partial charge in [-0.1, -0.05) is 12.1 Å². The molecule has 2 aliphatic rings. The van der Waals surface area contributed by atoms with Gasteiger partial charge >= 0.3 is 0 Å². The van der Waals surface area contributed by atoms with Gasteiger partial charge in [0, 0.05) is 30.8 Å². The number of hydrogen-bond acceptors (Lipinski definition) is 5. The van der Waals surface area contributed by atoms with Crippen molar-refractivity contribution in [3.63, 3.8) is 0 Å². The molecule has 0 radical (unpaired) electrons. The molecule has 2 aliphatic heterocycles. The molecule has 2 saturated heterocycles. The Morgan fingerprint density at radius 3 is 2.59 bits per heavy atom. The van der Waals surface area contributed by atoms with E-state index in [0.717, 1.165) is 17.7 Å². The number of amides is 3. The number of carbonyl (C=O) groups excluding carboxylic acids is 3. The molecule has 168 valence electrons. The molecule has 0 saturated carbocycles. The molecule has 4 rings (SSSR count). The summed E-state index contributed by atoms with van der Waals surface area (Å²) in [6, 6.07) is 12.2. The second-order valence-electron chi connectivity index (χ2n) is 8.00. The van der Waals surface area contributed by atoms with Gasteiger partial charge in [-0.2, -0.15) is 0 Å². The van der Waals surface area contributed by atoms with Crippen molar-refractivity contribution in [3.05, 3.63) is 59.2 Å². The predicted octanol–water partition coefficient (Wildman–Crippen LogP) is 1.97. The summed E-state index contributed by atoms with van der Waals surface area (Å²) in [5.74, 6) is 1.03. The van der Waals surface area contributed by atoms with E-state index in [9.17, 15) is 14.4 Å². The maximum Gasteiger partial charge on any atom is 0.251 e. The molecule has 2 fully saturated rings. The van der Waals surface area contributed by atoms with Gasteiger partial charge in [-0.15, -0.1) is 0 Å². The summed E-state index contributed by atoms with van der Waals surface area (Å²) in [6.45, 7) is 1.29. The van der Waals surface area contributed by atoms with Gasteiger partial charge < -0.3 is 24.6 Å². The van der Waals surface area contributed by atoms with E-state index < -0.39 is 0 Å². The summed E-state index contributed by atoms with van der Waals surface area (Å²) in [6.07, 6.45) is 1.55. The Bertz CT molecular complexity index is 1020. The summed E-state index contributed by atoms with van der Waals surface area (Å²) in [7, 11) is 3.15. The van der Waals surface area contributed by atoms with E-state index in [2.05, 4.69) is 5.32 Å². The van der Waals surface area contributed by atoms with E-state index in [1.54, 1.807) is 42.2 Å². The molecule has 2 heterocycles. The standard InChI is InChI=1S/C24H27N3O5/c1-31-19-8-5-16(6-9-19)13-25-23(29)17-7-10-21(32-2)18(12-17)14-26-15-22(28)27-11-3-4-20(27)24(26)30/h5-10,12,20H,3-4,11,13-15H2,1-2H3,(H,25,29)/t20-/m1/s1. The normalized spacial score (nSPS) is 17.9. The van der Waals surface area contributed by atoms with Crippen LogP contribution in [-0.2, 0) is 22.7 Å². The zero-order valence-electron chi connectivity index (χ0n) is 18.3. The Kier molecular flexibility index (Phi) is 6.30. The van der Waals surface area contributed by atoms with E-state index in [-0.39, 0.29) is 36.9 Å². The Balaban J connectivity index is 1.46. The molecule has 8 heteroatoms. The predicted molar refractivity (Wildman–Crippen MR) is 117 cm³/mol. The lowest BCUT2D eigenvalue weighted by atomic mass is 10.1. The SMILES string of the molecule is COc1ccc(CNC(=O)c2ccc(OC)c(CN3CC(=O)N4CCC[C@@H]4C3=O)c2)cc1. The first kappa shape index (κ1) is 21.7. The Morgan fingerprint density at radius 1 is 1.09 bits per heavy atom. The number of piperazine rings is 1. The van der Waals surface area contributed by atoms with Crippen LogP contribution in [-0.4, -0.2) is 60.9 Å². The van der Waals surface area contributed by atoms with Crippen LogP contribution in [0.4, 0.5) is 0 Å². The number of rotatable bonds is 7. The Labute approximate surface area is 187 Å². The third kappa shape index (κ3) is 4.39. The molecule has 3 amide bonds. The monoisotopic (exact) mass is 437 g/mol. The number of nitrogens with one attached hydrogen (secondary N) is 1. The van der Waals surface area contributed by atoms with E-state index in [0.29, 0.717) is 36.4 Å². The largest absolute Gasteiger partial charge is 0.497 e.